The van der Waals surface area contributed by atoms with Crippen LogP contribution in [0.5, 0.6) is 5.75 Å². The third-order valence-corrected chi connectivity index (χ3v) is 5.91. The van der Waals surface area contributed by atoms with Crippen LogP contribution in [0.4, 0.5) is 6.01 Å². The molecule has 1 atom stereocenters. The third kappa shape index (κ3) is 6.10. The molecule has 1 aliphatic heterocycles. The lowest BCUT2D eigenvalue weighted by atomic mass is 9.97. The molecule has 0 saturated carbocycles. The van der Waals surface area contributed by atoms with E-state index in [0.29, 0.717) is 24.9 Å². The van der Waals surface area contributed by atoms with Crippen LogP contribution in [0.25, 0.3) is 11.4 Å². The SMILES string of the molecule is COc1ccc(-c2noc(N3CCC[C@H](C(=O)NCCN(C)Cc4ccccc4)C3)n2)cc1. The van der Waals surface area contributed by atoms with E-state index >= 15 is 0 Å². The zero-order valence-corrected chi connectivity index (χ0v) is 19.2. The molecule has 1 aromatic heterocycles. The molecule has 3 aromatic rings. The van der Waals surface area contributed by atoms with Crippen molar-refractivity contribution in [2.75, 3.05) is 45.2 Å². The van der Waals surface area contributed by atoms with Crippen LogP contribution >= 0.6 is 0 Å². The predicted molar refractivity (Wildman–Crippen MR) is 127 cm³/mol. The Balaban J connectivity index is 1.26. The van der Waals surface area contributed by atoms with E-state index in [-0.39, 0.29) is 11.8 Å². The first-order valence-electron chi connectivity index (χ1n) is 11.4. The summed E-state index contributed by atoms with van der Waals surface area (Å²) in [7, 11) is 3.70. The lowest BCUT2D eigenvalue weighted by Crippen LogP contribution is -2.44. The Morgan fingerprint density at radius 3 is 2.76 bits per heavy atom. The van der Waals surface area contributed by atoms with Crippen molar-refractivity contribution >= 4 is 11.9 Å². The van der Waals surface area contributed by atoms with Crippen molar-refractivity contribution in [3.8, 4) is 17.1 Å². The summed E-state index contributed by atoms with van der Waals surface area (Å²) in [5.74, 6) is 1.30. The van der Waals surface area contributed by atoms with Gasteiger partial charge in [0, 0.05) is 38.3 Å². The fourth-order valence-corrected chi connectivity index (χ4v) is 4.05. The fourth-order valence-electron chi connectivity index (χ4n) is 4.05. The van der Waals surface area contributed by atoms with E-state index < -0.39 is 0 Å². The molecule has 1 N–H and O–H groups in total. The van der Waals surface area contributed by atoms with Crippen LogP contribution < -0.4 is 15.0 Å². The lowest BCUT2D eigenvalue weighted by molar-refractivity contribution is -0.125. The largest absolute Gasteiger partial charge is 0.497 e. The number of hydrogen-bond acceptors (Lipinski definition) is 7. The molecule has 0 radical (unpaired) electrons. The molecular weight excluding hydrogens is 418 g/mol. The number of anilines is 1. The summed E-state index contributed by atoms with van der Waals surface area (Å²) in [6, 6.07) is 18.3. The van der Waals surface area contributed by atoms with Crippen LogP contribution in [-0.2, 0) is 11.3 Å². The molecule has 174 valence electrons. The number of hydrogen-bond donors (Lipinski definition) is 1. The Bertz CT molecular complexity index is 1020. The number of aromatic nitrogens is 2. The number of likely N-dealkylation sites (N-methyl/N-ethyl adjacent to an activating group) is 1. The standard InChI is InChI=1S/C25H31N5O3/c1-29(17-19-7-4-3-5-8-19)16-14-26-24(31)21-9-6-15-30(18-21)25-27-23(28-33-25)20-10-12-22(32-2)13-11-20/h3-5,7-8,10-13,21H,6,9,14-18H2,1-2H3,(H,26,31)/t21-/m0/s1. The molecule has 0 unspecified atom stereocenters. The molecule has 2 aromatic carbocycles. The van der Waals surface area contributed by atoms with Crippen molar-refractivity contribution in [1.82, 2.24) is 20.4 Å². The van der Waals surface area contributed by atoms with Gasteiger partial charge in [0.1, 0.15) is 5.75 Å². The molecule has 0 bridgehead atoms. The second kappa shape index (κ2) is 11.0. The molecule has 0 spiro atoms. The Kier molecular flexibility index (Phi) is 7.57. The van der Waals surface area contributed by atoms with E-state index in [1.54, 1.807) is 7.11 Å². The maximum atomic E-state index is 12.8. The number of methoxy groups -OCH3 is 1. The van der Waals surface area contributed by atoms with Gasteiger partial charge in [0.25, 0.3) is 0 Å². The van der Waals surface area contributed by atoms with Gasteiger partial charge >= 0.3 is 6.01 Å². The predicted octanol–water partition coefficient (Wildman–Crippen LogP) is 3.21. The first-order valence-corrected chi connectivity index (χ1v) is 11.4. The van der Waals surface area contributed by atoms with Crippen molar-refractivity contribution in [3.05, 3.63) is 60.2 Å². The highest BCUT2D eigenvalue weighted by Gasteiger charge is 2.28. The summed E-state index contributed by atoms with van der Waals surface area (Å²) < 4.78 is 10.7. The van der Waals surface area contributed by atoms with Crippen LogP contribution in [0.1, 0.15) is 18.4 Å². The Hall–Kier alpha value is -3.39. The van der Waals surface area contributed by atoms with Crippen LogP contribution in [0.15, 0.2) is 59.1 Å². The van der Waals surface area contributed by atoms with Gasteiger partial charge in [-0.3, -0.25) is 4.79 Å². The minimum absolute atomic E-state index is 0.0858. The van der Waals surface area contributed by atoms with E-state index in [4.69, 9.17) is 9.26 Å². The van der Waals surface area contributed by atoms with Gasteiger partial charge < -0.3 is 24.4 Å². The highest BCUT2D eigenvalue weighted by atomic mass is 16.5. The van der Waals surface area contributed by atoms with Crippen LogP contribution in [0, 0.1) is 5.92 Å². The zero-order chi connectivity index (χ0) is 23.0. The van der Waals surface area contributed by atoms with Crippen molar-refractivity contribution in [2.24, 2.45) is 5.92 Å². The van der Waals surface area contributed by atoms with Gasteiger partial charge in [0.05, 0.1) is 13.0 Å². The molecule has 33 heavy (non-hydrogen) atoms. The second-order valence-electron chi connectivity index (χ2n) is 8.43. The van der Waals surface area contributed by atoms with Crippen molar-refractivity contribution in [1.29, 1.82) is 0 Å². The Labute approximate surface area is 194 Å². The van der Waals surface area contributed by atoms with Gasteiger partial charge in [-0.1, -0.05) is 35.5 Å². The average Bonchev–Trinajstić information content (AvgIpc) is 3.35. The van der Waals surface area contributed by atoms with Crippen molar-refractivity contribution in [3.63, 3.8) is 0 Å². The quantitative estimate of drug-likeness (QED) is 0.537. The molecular formula is C25H31N5O3. The number of amides is 1. The van der Waals surface area contributed by atoms with Crippen LogP contribution in [-0.4, -0.2) is 61.3 Å². The van der Waals surface area contributed by atoms with Crippen LogP contribution in [0.3, 0.4) is 0 Å². The molecule has 1 aliphatic rings. The number of nitrogens with zero attached hydrogens (tertiary/aromatic N) is 4. The van der Waals surface area contributed by atoms with Crippen molar-refractivity contribution < 1.29 is 14.1 Å². The summed E-state index contributed by atoms with van der Waals surface area (Å²) in [5.41, 5.74) is 2.12. The molecule has 1 fully saturated rings. The lowest BCUT2D eigenvalue weighted by Gasteiger charge is -2.30. The number of rotatable bonds is 9. The number of ether oxygens (including phenoxy) is 1. The molecule has 8 nitrogen and oxygen atoms in total. The van der Waals surface area contributed by atoms with E-state index in [1.165, 1.54) is 5.56 Å². The number of carbonyl (C=O) groups excluding carboxylic acids is 1. The number of benzene rings is 2. The Morgan fingerprint density at radius 1 is 1.21 bits per heavy atom. The second-order valence-corrected chi connectivity index (χ2v) is 8.43. The highest BCUT2D eigenvalue weighted by Crippen LogP contribution is 2.25. The zero-order valence-electron chi connectivity index (χ0n) is 19.2. The van der Waals surface area contributed by atoms with Gasteiger partial charge in [-0.05, 0) is 49.7 Å². The number of nitrogens with one attached hydrogen (secondary N) is 1. The monoisotopic (exact) mass is 449 g/mol. The number of piperidine rings is 1. The average molecular weight is 450 g/mol. The van der Waals surface area contributed by atoms with Gasteiger partial charge in [-0.25, -0.2) is 0 Å². The van der Waals surface area contributed by atoms with Crippen LogP contribution in [0.2, 0.25) is 0 Å². The summed E-state index contributed by atoms with van der Waals surface area (Å²) >= 11 is 0. The minimum Gasteiger partial charge on any atom is -0.497 e. The van der Waals surface area contributed by atoms with Gasteiger partial charge in [0.15, 0.2) is 0 Å². The minimum atomic E-state index is -0.0884. The summed E-state index contributed by atoms with van der Waals surface area (Å²) in [6.45, 7) is 3.66. The van der Waals surface area contributed by atoms with Gasteiger partial charge in [0.2, 0.25) is 11.7 Å². The van der Waals surface area contributed by atoms with Gasteiger partial charge in [-0.15, -0.1) is 0 Å². The highest BCUT2D eigenvalue weighted by molar-refractivity contribution is 5.79. The number of carbonyl (C=O) groups is 1. The van der Waals surface area contributed by atoms with E-state index in [2.05, 4.69) is 39.5 Å². The smallest absolute Gasteiger partial charge is 0.324 e. The van der Waals surface area contributed by atoms with Gasteiger partial charge in [-0.2, -0.15) is 4.98 Å². The fraction of sp³-hybridized carbons (Fsp3) is 0.400. The van der Waals surface area contributed by atoms with E-state index in [1.807, 2.05) is 47.4 Å². The summed E-state index contributed by atoms with van der Waals surface area (Å²) in [4.78, 5) is 21.5. The molecule has 1 amide bonds. The van der Waals surface area contributed by atoms with Crippen molar-refractivity contribution in [2.45, 2.75) is 19.4 Å². The first kappa shape index (κ1) is 22.8. The van der Waals surface area contributed by atoms with E-state index in [0.717, 1.165) is 43.8 Å². The summed E-state index contributed by atoms with van der Waals surface area (Å²) in [5, 5.41) is 7.21. The maximum absolute atomic E-state index is 12.8. The molecule has 1 saturated heterocycles. The Morgan fingerprint density at radius 2 is 2.00 bits per heavy atom. The molecule has 2 heterocycles. The topological polar surface area (TPSA) is 83.7 Å². The first-order chi connectivity index (χ1) is 16.1. The maximum Gasteiger partial charge on any atom is 0.324 e. The molecule has 8 heteroatoms. The third-order valence-electron chi connectivity index (χ3n) is 5.91. The molecule has 0 aliphatic carbocycles. The van der Waals surface area contributed by atoms with E-state index in [9.17, 15) is 4.79 Å². The summed E-state index contributed by atoms with van der Waals surface area (Å²) in [6.07, 6.45) is 1.77. The molecule has 4 rings (SSSR count). The normalized spacial score (nSPS) is 16.1.